The number of likely N-dealkylation sites (tertiary alicyclic amines) is 2. The molecule has 0 radical (unpaired) electrons. The van der Waals surface area contributed by atoms with E-state index in [4.69, 9.17) is 0 Å². The van der Waals surface area contributed by atoms with Crippen LogP contribution in [0, 0.1) is 11.7 Å². The van der Waals surface area contributed by atoms with Crippen molar-refractivity contribution in [3.63, 3.8) is 0 Å². The Bertz CT molecular complexity index is 1260. The second-order valence-electron chi connectivity index (χ2n) is 11.4. The number of benzene rings is 2. The van der Waals surface area contributed by atoms with Crippen LogP contribution in [0.3, 0.4) is 0 Å². The highest BCUT2D eigenvalue weighted by atomic mass is 19.4. The fourth-order valence-corrected chi connectivity index (χ4v) is 6.09. The van der Waals surface area contributed by atoms with E-state index in [9.17, 15) is 40.3 Å². The Morgan fingerprint density at radius 2 is 1.42 bits per heavy atom. The molecule has 236 valence electrons. The summed E-state index contributed by atoms with van der Waals surface area (Å²) >= 11 is 0. The van der Waals surface area contributed by atoms with Crippen molar-refractivity contribution in [3.05, 3.63) is 65.0 Å². The van der Waals surface area contributed by atoms with Gasteiger partial charge in [0.1, 0.15) is 5.82 Å². The second kappa shape index (κ2) is 12.7. The summed E-state index contributed by atoms with van der Waals surface area (Å²) in [6.07, 6.45) is -7.88. The second-order valence-corrected chi connectivity index (χ2v) is 11.4. The molecular weight excluding hydrogens is 581 g/mol. The maximum Gasteiger partial charge on any atom is 0.416 e. The van der Waals surface area contributed by atoms with Crippen LogP contribution < -0.4 is 4.90 Å². The summed E-state index contributed by atoms with van der Waals surface area (Å²) in [6.45, 7) is 4.83. The van der Waals surface area contributed by atoms with Gasteiger partial charge in [-0.3, -0.25) is 9.69 Å². The molecule has 3 amide bonds. The number of urea groups is 1. The topological polar surface area (TPSA) is 47.1 Å². The van der Waals surface area contributed by atoms with Crippen molar-refractivity contribution in [2.24, 2.45) is 5.92 Å². The molecule has 4 rings (SSSR count). The summed E-state index contributed by atoms with van der Waals surface area (Å²) in [5.74, 6) is -0.302. The number of rotatable bonds is 5. The van der Waals surface area contributed by atoms with Gasteiger partial charge in [0.2, 0.25) is 5.91 Å². The SMILES string of the molecule is CC(=O)N1CCC(CN2CC[C@@H](N(C)C(=O)N(C)c3cc(C(F)(F)F)cc(C(F)(F)F)c3)[C@H](c3ccc(F)cc3)C2)CC1. The Hall–Kier alpha value is -3.35. The molecule has 0 aliphatic carbocycles. The van der Waals surface area contributed by atoms with Gasteiger partial charge in [0.25, 0.3) is 0 Å². The highest BCUT2D eigenvalue weighted by molar-refractivity contribution is 5.92. The van der Waals surface area contributed by atoms with E-state index in [-0.39, 0.29) is 17.9 Å². The lowest BCUT2D eigenvalue weighted by molar-refractivity contribution is -0.143. The predicted octanol–water partition coefficient (Wildman–Crippen LogP) is 6.47. The summed E-state index contributed by atoms with van der Waals surface area (Å²) in [4.78, 5) is 31.5. The van der Waals surface area contributed by atoms with E-state index in [0.717, 1.165) is 36.9 Å². The minimum Gasteiger partial charge on any atom is -0.343 e. The van der Waals surface area contributed by atoms with Crippen LogP contribution in [0.15, 0.2) is 42.5 Å². The highest BCUT2D eigenvalue weighted by Crippen LogP contribution is 2.39. The average Bonchev–Trinajstić information content (AvgIpc) is 2.95. The highest BCUT2D eigenvalue weighted by Gasteiger charge is 2.40. The van der Waals surface area contributed by atoms with Crippen LogP contribution in [0.1, 0.15) is 48.8 Å². The van der Waals surface area contributed by atoms with Crippen LogP contribution in [0.4, 0.5) is 41.2 Å². The van der Waals surface area contributed by atoms with Gasteiger partial charge in [-0.1, -0.05) is 12.1 Å². The maximum atomic E-state index is 13.8. The number of hydrogen-bond acceptors (Lipinski definition) is 3. The molecule has 6 nitrogen and oxygen atoms in total. The lowest BCUT2D eigenvalue weighted by Crippen LogP contribution is -2.54. The van der Waals surface area contributed by atoms with E-state index in [1.165, 1.54) is 24.1 Å². The van der Waals surface area contributed by atoms with Crippen molar-refractivity contribution in [1.29, 1.82) is 0 Å². The van der Waals surface area contributed by atoms with Gasteiger partial charge in [0, 0.05) is 71.4 Å². The number of likely N-dealkylation sites (N-methyl/N-ethyl adjacent to an activating group) is 1. The molecule has 0 N–H and O–H groups in total. The molecule has 0 spiro atoms. The molecule has 2 aromatic rings. The number of hydrogen-bond donors (Lipinski definition) is 0. The van der Waals surface area contributed by atoms with Crippen molar-refractivity contribution in [3.8, 4) is 0 Å². The van der Waals surface area contributed by atoms with Gasteiger partial charge < -0.3 is 14.7 Å². The van der Waals surface area contributed by atoms with Crippen LogP contribution in [-0.2, 0) is 17.1 Å². The fraction of sp³-hybridized carbons (Fsp3) is 0.533. The molecule has 2 atom stereocenters. The number of carbonyl (C=O) groups excluding carboxylic acids is 2. The molecule has 2 saturated heterocycles. The van der Waals surface area contributed by atoms with Gasteiger partial charge in [-0.25, -0.2) is 9.18 Å². The molecule has 0 bridgehead atoms. The van der Waals surface area contributed by atoms with Crippen molar-refractivity contribution in [1.82, 2.24) is 14.7 Å². The van der Waals surface area contributed by atoms with E-state index in [1.807, 2.05) is 4.90 Å². The molecule has 2 fully saturated rings. The van der Waals surface area contributed by atoms with Gasteiger partial charge in [0.15, 0.2) is 0 Å². The molecule has 2 aromatic carbocycles. The Morgan fingerprint density at radius 3 is 1.93 bits per heavy atom. The third kappa shape index (κ3) is 7.79. The van der Waals surface area contributed by atoms with Crippen molar-refractivity contribution in [2.45, 2.75) is 50.5 Å². The van der Waals surface area contributed by atoms with Gasteiger partial charge in [0.05, 0.1) is 11.1 Å². The van der Waals surface area contributed by atoms with Crippen molar-refractivity contribution >= 4 is 17.6 Å². The molecule has 0 unspecified atom stereocenters. The monoisotopic (exact) mass is 616 g/mol. The third-order valence-electron chi connectivity index (χ3n) is 8.58. The largest absolute Gasteiger partial charge is 0.416 e. The summed E-state index contributed by atoms with van der Waals surface area (Å²) < 4.78 is 94.4. The standard InChI is InChI=1S/C30H35F7N4O2/c1-19(42)41-12-8-20(9-13-41)17-40-11-10-27(26(18-40)21-4-6-24(31)7-5-21)39(3)28(43)38(2)25-15-22(29(32,33)34)14-23(16-25)30(35,36)37/h4-7,14-16,20,26-27H,8-13,17-18H2,1-3H3/t26-,27+/m0/s1. The van der Waals surface area contributed by atoms with Crippen LogP contribution >= 0.6 is 0 Å². The number of carbonyl (C=O) groups is 2. The molecular formula is C30H35F7N4O2. The Kier molecular flexibility index (Phi) is 9.63. The summed E-state index contributed by atoms with van der Waals surface area (Å²) in [5.41, 5.74) is -2.78. The fourth-order valence-electron chi connectivity index (χ4n) is 6.09. The first kappa shape index (κ1) is 32.6. The van der Waals surface area contributed by atoms with Gasteiger partial charge >= 0.3 is 18.4 Å². The zero-order valence-corrected chi connectivity index (χ0v) is 24.2. The summed E-state index contributed by atoms with van der Waals surface area (Å²) in [6, 6.07) is 5.75. The summed E-state index contributed by atoms with van der Waals surface area (Å²) in [5, 5.41) is 0. The van der Waals surface area contributed by atoms with E-state index in [0.29, 0.717) is 50.7 Å². The zero-order chi connectivity index (χ0) is 31.7. The third-order valence-corrected chi connectivity index (χ3v) is 8.58. The summed E-state index contributed by atoms with van der Waals surface area (Å²) in [7, 11) is 2.62. The Morgan fingerprint density at radius 1 is 0.860 bits per heavy atom. The van der Waals surface area contributed by atoms with Gasteiger partial charge in [-0.15, -0.1) is 0 Å². The van der Waals surface area contributed by atoms with Crippen LogP contribution in [0.25, 0.3) is 0 Å². The van der Waals surface area contributed by atoms with E-state index in [1.54, 1.807) is 19.1 Å². The molecule has 13 heteroatoms. The number of halogens is 7. The van der Waals surface area contributed by atoms with Crippen LogP contribution in [0.5, 0.6) is 0 Å². The van der Waals surface area contributed by atoms with Gasteiger partial charge in [-0.2, -0.15) is 26.3 Å². The maximum absolute atomic E-state index is 13.8. The van der Waals surface area contributed by atoms with Crippen molar-refractivity contribution < 1.29 is 40.3 Å². The van der Waals surface area contributed by atoms with Crippen LogP contribution in [0.2, 0.25) is 0 Å². The Balaban J connectivity index is 1.55. The smallest absolute Gasteiger partial charge is 0.343 e. The number of nitrogens with zero attached hydrogens (tertiary/aromatic N) is 4. The molecule has 2 heterocycles. The Labute approximate surface area is 246 Å². The molecule has 43 heavy (non-hydrogen) atoms. The average molecular weight is 617 g/mol. The first-order valence-corrected chi connectivity index (χ1v) is 14.1. The number of amides is 3. The molecule has 0 aromatic heterocycles. The molecule has 2 aliphatic rings. The minimum atomic E-state index is -5.05. The first-order chi connectivity index (χ1) is 20.0. The quantitative estimate of drug-likeness (QED) is 0.362. The number of alkyl halides is 6. The number of anilines is 1. The molecule has 2 aliphatic heterocycles. The van der Waals surface area contributed by atoms with E-state index < -0.39 is 47.1 Å². The lowest BCUT2D eigenvalue weighted by Gasteiger charge is -2.45. The molecule has 0 saturated carbocycles. The van der Waals surface area contributed by atoms with E-state index in [2.05, 4.69) is 4.90 Å². The number of piperidine rings is 2. The van der Waals surface area contributed by atoms with Gasteiger partial charge in [-0.05, 0) is 61.1 Å². The van der Waals surface area contributed by atoms with E-state index >= 15 is 0 Å². The zero-order valence-electron chi connectivity index (χ0n) is 24.2. The van der Waals surface area contributed by atoms with Crippen LogP contribution in [-0.4, -0.2) is 79.5 Å². The predicted molar refractivity (Wildman–Crippen MR) is 147 cm³/mol. The first-order valence-electron chi connectivity index (χ1n) is 14.1. The lowest BCUT2D eigenvalue weighted by atomic mass is 9.84. The normalized spacial score (nSPS) is 20.7. The minimum absolute atomic E-state index is 0.0236. The van der Waals surface area contributed by atoms with Crippen molar-refractivity contribution in [2.75, 3.05) is 51.7 Å².